The molecule has 154 valence electrons. The first-order chi connectivity index (χ1) is 13.2. The predicted octanol–water partition coefficient (Wildman–Crippen LogP) is 0.921. The molecule has 3 rings (SSSR count). The molecule has 2 amide bonds. The van der Waals surface area contributed by atoms with Gasteiger partial charge in [0.2, 0.25) is 15.9 Å². The molecule has 2 saturated heterocycles. The number of carbonyl (C=O) groups is 2. The number of amides is 2. The van der Waals surface area contributed by atoms with Crippen LogP contribution in [0.1, 0.15) is 23.2 Å². The molecule has 0 radical (unpaired) electrons. The van der Waals surface area contributed by atoms with E-state index in [1.165, 1.54) is 21.5 Å². The maximum atomic E-state index is 13.3. The van der Waals surface area contributed by atoms with Crippen LogP contribution in [0.15, 0.2) is 18.2 Å². The molecule has 1 aromatic rings. The maximum Gasteiger partial charge on any atom is 0.254 e. The van der Waals surface area contributed by atoms with Crippen LogP contribution >= 0.6 is 0 Å². The van der Waals surface area contributed by atoms with Crippen LogP contribution in [0.25, 0.3) is 0 Å². The van der Waals surface area contributed by atoms with Gasteiger partial charge in [0.15, 0.2) is 11.6 Å². The van der Waals surface area contributed by atoms with Crippen molar-refractivity contribution in [3.63, 3.8) is 0 Å². The van der Waals surface area contributed by atoms with Gasteiger partial charge >= 0.3 is 0 Å². The van der Waals surface area contributed by atoms with Gasteiger partial charge in [0.1, 0.15) is 0 Å². The van der Waals surface area contributed by atoms with Gasteiger partial charge in [-0.3, -0.25) is 9.59 Å². The highest BCUT2D eigenvalue weighted by Crippen LogP contribution is 2.22. The highest BCUT2D eigenvalue weighted by Gasteiger charge is 2.33. The third kappa shape index (κ3) is 4.49. The maximum absolute atomic E-state index is 13.3. The quantitative estimate of drug-likeness (QED) is 0.736. The Balaban J connectivity index is 1.53. The van der Waals surface area contributed by atoms with E-state index in [2.05, 4.69) is 0 Å². The van der Waals surface area contributed by atoms with Crippen molar-refractivity contribution in [3.05, 3.63) is 35.4 Å². The van der Waals surface area contributed by atoms with Gasteiger partial charge < -0.3 is 9.80 Å². The lowest BCUT2D eigenvalue weighted by molar-refractivity contribution is -0.138. The summed E-state index contributed by atoms with van der Waals surface area (Å²) in [4.78, 5) is 28.4. The lowest BCUT2D eigenvalue weighted by atomic mass is 9.96. The molecule has 2 aliphatic heterocycles. The van der Waals surface area contributed by atoms with Crippen LogP contribution in [0.3, 0.4) is 0 Å². The lowest BCUT2D eigenvalue weighted by Gasteiger charge is -2.38. The van der Waals surface area contributed by atoms with Gasteiger partial charge in [-0.05, 0) is 31.0 Å². The largest absolute Gasteiger partial charge is 0.339 e. The van der Waals surface area contributed by atoms with Crippen molar-refractivity contribution in [2.75, 3.05) is 45.5 Å². The van der Waals surface area contributed by atoms with E-state index in [4.69, 9.17) is 0 Å². The van der Waals surface area contributed by atoms with Gasteiger partial charge in [0.25, 0.3) is 5.91 Å². The zero-order chi connectivity index (χ0) is 20.5. The second-order valence-corrected chi connectivity index (χ2v) is 9.17. The number of nitrogens with zero attached hydrogens (tertiary/aromatic N) is 3. The van der Waals surface area contributed by atoms with Gasteiger partial charge in [-0.15, -0.1) is 0 Å². The first-order valence-electron chi connectivity index (χ1n) is 9.15. The summed E-state index contributed by atoms with van der Waals surface area (Å²) in [7, 11) is -3.23. The molecule has 2 fully saturated rings. The highest BCUT2D eigenvalue weighted by atomic mass is 32.2. The molecule has 1 aromatic carbocycles. The van der Waals surface area contributed by atoms with Gasteiger partial charge in [-0.25, -0.2) is 21.5 Å². The van der Waals surface area contributed by atoms with Gasteiger partial charge in [-0.2, -0.15) is 0 Å². The monoisotopic (exact) mass is 415 g/mol. The van der Waals surface area contributed by atoms with Gasteiger partial charge in [-0.1, -0.05) is 0 Å². The zero-order valence-corrected chi connectivity index (χ0v) is 16.4. The molecule has 0 bridgehead atoms. The normalized spacial score (nSPS) is 19.7. The summed E-state index contributed by atoms with van der Waals surface area (Å²) >= 11 is 0. The Labute approximate surface area is 162 Å². The average molecular weight is 415 g/mol. The van der Waals surface area contributed by atoms with Crippen molar-refractivity contribution in [2.45, 2.75) is 12.8 Å². The summed E-state index contributed by atoms with van der Waals surface area (Å²) in [5.74, 6) is -2.71. The Morgan fingerprint density at radius 3 is 2.04 bits per heavy atom. The molecule has 10 heteroatoms. The summed E-state index contributed by atoms with van der Waals surface area (Å²) < 4.78 is 50.9. The number of sulfonamides is 1. The number of rotatable bonds is 3. The fraction of sp³-hybridized carbons (Fsp3) is 0.556. The average Bonchev–Trinajstić information content (AvgIpc) is 2.68. The molecule has 0 aromatic heterocycles. The highest BCUT2D eigenvalue weighted by molar-refractivity contribution is 7.88. The molecule has 28 heavy (non-hydrogen) atoms. The van der Waals surface area contributed by atoms with E-state index in [1.54, 1.807) is 4.90 Å². The molecule has 2 aliphatic rings. The molecule has 0 saturated carbocycles. The van der Waals surface area contributed by atoms with Crippen molar-refractivity contribution >= 4 is 21.8 Å². The number of piperazine rings is 1. The Hall–Kier alpha value is -2.07. The molecular weight excluding hydrogens is 392 g/mol. The molecule has 0 spiro atoms. The minimum atomic E-state index is -3.23. The molecule has 0 unspecified atom stereocenters. The van der Waals surface area contributed by atoms with E-state index in [-0.39, 0.29) is 17.4 Å². The summed E-state index contributed by atoms with van der Waals surface area (Å²) in [6.45, 7) is 2.02. The third-order valence-electron chi connectivity index (χ3n) is 5.32. The van der Waals surface area contributed by atoms with Crippen LogP contribution in [0.5, 0.6) is 0 Å². The standard InChI is InChI=1S/C18H23F2N3O4S/c1-28(26,27)23-6-4-13(5-7-23)17(24)21-8-10-22(11-9-21)18(25)14-2-3-15(19)16(20)12-14/h2-3,12-13H,4-11H2,1H3. The van der Waals surface area contributed by atoms with E-state index in [1.807, 2.05) is 0 Å². The smallest absolute Gasteiger partial charge is 0.254 e. The minimum Gasteiger partial charge on any atom is -0.339 e. The van der Waals surface area contributed by atoms with Gasteiger partial charge in [0.05, 0.1) is 6.26 Å². The second kappa shape index (κ2) is 8.12. The lowest BCUT2D eigenvalue weighted by Crippen LogP contribution is -2.53. The van der Waals surface area contributed by atoms with Crippen molar-refractivity contribution in [1.29, 1.82) is 0 Å². The third-order valence-corrected chi connectivity index (χ3v) is 6.62. The SMILES string of the molecule is CS(=O)(=O)N1CCC(C(=O)N2CCN(C(=O)c3ccc(F)c(F)c3)CC2)CC1. The Morgan fingerprint density at radius 1 is 0.929 bits per heavy atom. The number of piperidine rings is 1. The van der Waals surface area contributed by atoms with E-state index >= 15 is 0 Å². The fourth-order valence-electron chi connectivity index (χ4n) is 3.63. The van der Waals surface area contributed by atoms with Crippen LogP contribution in [0, 0.1) is 17.6 Å². The number of halogens is 2. The van der Waals surface area contributed by atoms with Crippen LogP contribution in [0.4, 0.5) is 8.78 Å². The fourth-order valence-corrected chi connectivity index (χ4v) is 4.51. The molecular formula is C18H23F2N3O4S. The topological polar surface area (TPSA) is 78.0 Å². The Morgan fingerprint density at radius 2 is 1.50 bits per heavy atom. The van der Waals surface area contributed by atoms with Gasteiger partial charge in [0, 0.05) is 50.7 Å². The minimum absolute atomic E-state index is 0.0203. The Bertz CT molecular complexity index is 862. The summed E-state index contributed by atoms with van der Waals surface area (Å²) in [6.07, 6.45) is 2.14. The molecule has 7 nitrogen and oxygen atoms in total. The molecule has 2 heterocycles. The first kappa shape index (κ1) is 20.7. The van der Waals surface area contributed by atoms with Crippen LogP contribution in [-0.4, -0.2) is 79.9 Å². The van der Waals surface area contributed by atoms with E-state index in [0.717, 1.165) is 12.1 Å². The number of benzene rings is 1. The van der Waals surface area contributed by atoms with E-state index in [9.17, 15) is 26.8 Å². The second-order valence-electron chi connectivity index (χ2n) is 7.18. The van der Waals surface area contributed by atoms with E-state index in [0.29, 0.717) is 52.1 Å². The Kier molecular flexibility index (Phi) is 5.99. The summed E-state index contributed by atoms with van der Waals surface area (Å²) in [5.41, 5.74) is 0.0758. The zero-order valence-electron chi connectivity index (χ0n) is 15.6. The van der Waals surface area contributed by atoms with E-state index < -0.39 is 27.6 Å². The molecule has 0 atom stereocenters. The molecule has 0 N–H and O–H groups in total. The van der Waals surface area contributed by atoms with Crippen molar-refractivity contribution in [2.24, 2.45) is 5.92 Å². The molecule has 0 aliphatic carbocycles. The number of hydrogen-bond donors (Lipinski definition) is 0. The number of hydrogen-bond acceptors (Lipinski definition) is 4. The number of carbonyl (C=O) groups excluding carboxylic acids is 2. The first-order valence-corrected chi connectivity index (χ1v) is 11.0. The van der Waals surface area contributed by atoms with Crippen LogP contribution in [0.2, 0.25) is 0 Å². The van der Waals surface area contributed by atoms with Crippen LogP contribution in [-0.2, 0) is 14.8 Å². The summed E-state index contributed by atoms with van der Waals surface area (Å²) in [6, 6.07) is 3.05. The van der Waals surface area contributed by atoms with Crippen molar-refractivity contribution in [3.8, 4) is 0 Å². The van der Waals surface area contributed by atoms with Crippen molar-refractivity contribution < 1.29 is 26.8 Å². The van der Waals surface area contributed by atoms with Crippen molar-refractivity contribution in [1.82, 2.24) is 14.1 Å². The predicted molar refractivity (Wildman–Crippen MR) is 98.0 cm³/mol. The summed E-state index contributed by atoms with van der Waals surface area (Å²) in [5, 5.41) is 0. The van der Waals surface area contributed by atoms with Crippen LogP contribution < -0.4 is 0 Å².